The van der Waals surface area contributed by atoms with Crippen LogP contribution in [0.4, 0.5) is 0 Å². The number of hydrogen-bond donors (Lipinski definition) is 1. The van der Waals surface area contributed by atoms with Gasteiger partial charge in [0.05, 0.1) is 6.61 Å². The summed E-state index contributed by atoms with van der Waals surface area (Å²) in [5.74, 6) is -0.211. The van der Waals surface area contributed by atoms with Gasteiger partial charge in [-0.1, -0.05) is 0 Å². The molecule has 0 saturated carbocycles. The normalized spacial score (nSPS) is 6.70. The number of hydrogen-bond acceptors (Lipinski definition) is 3. The van der Waals surface area contributed by atoms with Crippen LogP contribution in [0, 0.1) is 0 Å². The van der Waals surface area contributed by atoms with Crippen LogP contribution in [0.3, 0.4) is 0 Å². The minimum absolute atomic E-state index is 0.211. The summed E-state index contributed by atoms with van der Waals surface area (Å²) in [4.78, 5) is 18.9. The van der Waals surface area contributed by atoms with Crippen molar-refractivity contribution in [3.8, 4) is 0 Å². The Morgan fingerprint density at radius 3 is 2.10 bits per heavy atom. The van der Waals surface area contributed by atoms with Crippen molar-refractivity contribution in [1.29, 1.82) is 0 Å². The minimum Gasteiger partial charge on any atom is -0.466 e. The first-order chi connectivity index (χ1) is 4.68. The largest absolute Gasteiger partial charge is 0.466 e. The van der Waals surface area contributed by atoms with E-state index in [4.69, 9.17) is 4.79 Å². The lowest BCUT2D eigenvalue weighted by molar-refractivity contribution is -0.140. The van der Waals surface area contributed by atoms with E-state index in [0.717, 1.165) is 0 Å². The molecule has 4 heteroatoms. The summed E-state index contributed by atoms with van der Waals surface area (Å²) >= 11 is 0. The van der Waals surface area contributed by atoms with Crippen LogP contribution in [-0.4, -0.2) is 26.0 Å². The average Bonchev–Trinajstić information content (AvgIpc) is 1.89. The van der Waals surface area contributed by atoms with Gasteiger partial charge in [0.25, 0.3) is 0 Å². The zero-order valence-corrected chi connectivity index (χ0v) is 6.51. The highest BCUT2D eigenvalue weighted by molar-refractivity contribution is 5.65. The van der Waals surface area contributed by atoms with E-state index in [0.29, 0.717) is 13.0 Å². The average molecular weight is 147 g/mol. The maximum atomic E-state index is 9.82. The van der Waals surface area contributed by atoms with Crippen LogP contribution >= 0.6 is 0 Å². The van der Waals surface area contributed by atoms with Gasteiger partial charge in [-0.05, 0) is 6.92 Å². The van der Waals surface area contributed by atoms with Gasteiger partial charge >= 0.3 is 5.97 Å². The van der Waals surface area contributed by atoms with Crippen LogP contribution in [0.25, 0.3) is 0 Å². The van der Waals surface area contributed by atoms with Gasteiger partial charge in [0.15, 0.2) is 0 Å². The molecule has 0 aromatic carbocycles. The first kappa shape index (κ1) is 11.7. The second-order valence-electron chi connectivity index (χ2n) is 1.33. The minimum atomic E-state index is -0.211. The molecule has 0 unspecified atom stereocenters. The van der Waals surface area contributed by atoms with Crippen LogP contribution in [0.1, 0.15) is 13.8 Å². The van der Waals surface area contributed by atoms with E-state index < -0.39 is 0 Å². The zero-order valence-electron chi connectivity index (χ0n) is 6.51. The third-order valence-corrected chi connectivity index (χ3v) is 0.465. The quantitative estimate of drug-likeness (QED) is 0.439. The van der Waals surface area contributed by atoms with Gasteiger partial charge in [-0.15, -0.1) is 0 Å². The molecule has 0 heterocycles. The lowest BCUT2D eigenvalue weighted by atomic mass is 10.8. The molecular weight excluding hydrogens is 134 g/mol. The second kappa shape index (κ2) is 10.8. The fraction of sp³-hybridized carbons (Fsp3) is 0.667. The van der Waals surface area contributed by atoms with Gasteiger partial charge < -0.3 is 10.1 Å². The molecule has 0 aliphatic carbocycles. The molecule has 0 aliphatic heterocycles. The predicted octanol–water partition coefficient (Wildman–Crippen LogP) is -0.0684. The number of amides is 1. The summed E-state index contributed by atoms with van der Waals surface area (Å²) < 4.78 is 4.40. The van der Waals surface area contributed by atoms with E-state index in [1.807, 2.05) is 0 Å². The van der Waals surface area contributed by atoms with Gasteiger partial charge in [0, 0.05) is 14.0 Å². The Labute approximate surface area is 60.6 Å². The second-order valence-corrected chi connectivity index (χ2v) is 1.33. The fourth-order valence-electron chi connectivity index (χ4n) is 0.203. The molecule has 10 heavy (non-hydrogen) atoms. The van der Waals surface area contributed by atoms with Crippen molar-refractivity contribution in [3.05, 3.63) is 0 Å². The molecular formula is C6H13NO3. The van der Waals surface area contributed by atoms with Crippen molar-refractivity contribution in [1.82, 2.24) is 5.32 Å². The smallest absolute Gasteiger partial charge is 0.302 e. The van der Waals surface area contributed by atoms with Crippen molar-refractivity contribution in [2.24, 2.45) is 0 Å². The van der Waals surface area contributed by atoms with E-state index in [2.05, 4.69) is 10.1 Å². The Hall–Kier alpha value is -1.06. The van der Waals surface area contributed by atoms with Gasteiger partial charge in [-0.3, -0.25) is 9.59 Å². The number of nitrogens with one attached hydrogen (secondary N) is 1. The maximum Gasteiger partial charge on any atom is 0.302 e. The SMILES string of the molecule is CCOC(C)=O.CNC=O. The number of carbonyl (C=O) groups excluding carboxylic acids is 2. The number of carbonyl (C=O) groups is 2. The summed E-state index contributed by atoms with van der Waals surface area (Å²) in [5.41, 5.74) is 0. The molecule has 1 N–H and O–H groups in total. The van der Waals surface area contributed by atoms with Crippen molar-refractivity contribution in [3.63, 3.8) is 0 Å². The highest BCUT2D eigenvalue weighted by atomic mass is 16.5. The molecule has 0 rings (SSSR count). The van der Waals surface area contributed by atoms with Crippen molar-refractivity contribution in [2.45, 2.75) is 13.8 Å². The molecule has 0 saturated heterocycles. The monoisotopic (exact) mass is 147 g/mol. The van der Waals surface area contributed by atoms with Gasteiger partial charge in [0.2, 0.25) is 6.41 Å². The van der Waals surface area contributed by atoms with Crippen LogP contribution < -0.4 is 5.32 Å². The molecule has 0 fully saturated rings. The Kier molecular flexibility index (Phi) is 12.7. The molecule has 0 atom stereocenters. The van der Waals surface area contributed by atoms with E-state index in [1.165, 1.54) is 6.92 Å². The van der Waals surface area contributed by atoms with Gasteiger partial charge in [-0.2, -0.15) is 0 Å². The molecule has 0 aromatic heterocycles. The zero-order chi connectivity index (χ0) is 8.41. The third-order valence-electron chi connectivity index (χ3n) is 0.465. The Morgan fingerprint density at radius 2 is 2.10 bits per heavy atom. The van der Waals surface area contributed by atoms with Crippen molar-refractivity contribution >= 4 is 12.4 Å². The van der Waals surface area contributed by atoms with Crippen molar-refractivity contribution in [2.75, 3.05) is 13.7 Å². The molecule has 0 aromatic rings. The lowest BCUT2D eigenvalue weighted by Crippen LogP contribution is -1.98. The van der Waals surface area contributed by atoms with E-state index in [1.54, 1.807) is 14.0 Å². The van der Waals surface area contributed by atoms with Gasteiger partial charge in [-0.25, -0.2) is 0 Å². The number of esters is 1. The number of rotatable bonds is 2. The van der Waals surface area contributed by atoms with Crippen LogP contribution in [0.2, 0.25) is 0 Å². The van der Waals surface area contributed by atoms with E-state index in [-0.39, 0.29) is 5.97 Å². The molecule has 0 spiro atoms. The molecule has 0 radical (unpaired) electrons. The number of ether oxygens (including phenoxy) is 1. The highest BCUT2D eigenvalue weighted by Crippen LogP contribution is 1.69. The predicted molar refractivity (Wildman–Crippen MR) is 37.4 cm³/mol. The summed E-state index contributed by atoms with van der Waals surface area (Å²) in [6.45, 7) is 3.65. The molecule has 0 bridgehead atoms. The summed E-state index contributed by atoms with van der Waals surface area (Å²) in [7, 11) is 1.56. The van der Waals surface area contributed by atoms with E-state index >= 15 is 0 Å². The van der Waals surface area contributed by atoms with Crippen LogP contribution in [0.5, 0.6) is 0 Å². The standard InChI is InChI=1S/C4H8O2.C2H5NO/c1-3-6-4(2)5;1-3-2-4/h3H2,1-2H3;2H,1H3,(H,3,4). The fourth-order valence-corrected chi connectivity index (χ4v) is 0.203. The van der Waals surface area contributed by atoms with Crippen LogP contribution in [-0.2, 0) is 14.3 Å². The van der Waals surface area contributed by atoms with Crippen LogP contribution in [0.15, 0.2) is 0 Å². The van der Waals surface area contributed by atoms with Crippen molar-refractivity contribution < 1.29 is 14.3 Å². The first-order valence-corrected chi connectivity index (χ1v) is 2.93. The maximum absolute atomic E-state index is 9.82. The third kappa shape index (κ3) is 28.3. The Balaban J connectivity index is 0. The van der Waals surface area contributed by atoms with E-state index in [9.17, 15) is 4.79 Å². The molecule has 60 valence electrons. The molecule has 1 amide bonds. The molecule has 4 nitrogen and oxygen atoms in total. The Bertz CT molecular complexity index is 93.0. The summed E-state index contributed by atoms with van der Waals surface area (Å²) in [6.07, 6.45) is 0.625. The first-order valence-electron chi connectivity index (χ1n) is 2.93. The van der Waals surface area contributed by atoms with Gasteiger partial charge in [0.1, 0.15) is 0 Å². The highest BCUT2D eigenvalue weighted by Gasteiger charge is 1.81. The molecule has 0 aliphatic rings. The Morgan fingerprint density at radius 1 is 1.70 bits per heavy atom. The topological polar surface area (TPSA) is 55.4 Å². The summed E-state index contributed by atoms with van der Waals surface area (Å²) in [6, 6.07) is 0. The lowest BCUT2D eigenvalue weighted by Gasteiger charge is -1.89. The summed E-state index contributed by atoms with van der Waals surface area (Å²) in [5, 5.41) is 2.25.